The minimum absolute atomic E-state index is 0.0459. The van der Waals surface area contributed by atoms with Crippen molar-refractivity contribution in [1.82, 2.24) is 4.72 Å². The molecule has 4 atom stereocenters. The number of anilines is 1. The van der Waals surface area contributed by atoms with Gasteiger partial charge in [0.25, 0.3) is 5.91 Å². The van der Waals surface area contributed by atoms with Gasteiger partial charge in [-0.05, 0) is 99.2 Å². The van der Waals surface area contributed by atoms with Crippen molar-refractivity contribution in [2.24, 2.45) is 22.1 Å². The molecule has 48 heavy (non-hydrogen) atoms. The highest BCUT2D eigenvalue weighted by Crippen LogP contribution is 2.42. The molecule has 2 aromatic rings. The maximum Gasteiger partial charge on any atom is 0.287 e. The number of carbonyl (C=O) groups is 2. The first-order valence-electron chi connectivity index (χ1n) is 16.6. The van der Waals surface area contributed by atoms with Gasteiger partial charge in [-0.3, -0.25) is 14.3 Å². The van der Waals surface area contributed by atoms with E-state index in [1.807, 2.05) is 24.3 Å². The van der Waals surface area contributed by atoms with Crippen molar-refractivity contribution in [2.45, 2.75) is 83.0 Å². The molecule has 4 rings (SSSR count). The van der Waals surface area contributed by atoms with Crippen LogP contribution in [0.4, 0.5) is 5.69 Å². The molecular weight excluding hydrogens is 650 g/mol. The third-order valence-corrected chi connectivity index (χ3v) is 11.2. The van der Waals surface area contributed by atoms with E-state index in [9.17, 15) is 13.8 Å². The average molecular weight is 700 g/mol. The zero-order valence-electron chi connectivity index (χ0n) is 28.8. The molecule has 1 fully saturated rings. The first-order chi connectivity index (χ1) is 22.8. The second kappa shape index (κ2) is 16.5. The van der Waals surface area contributed by atoms with Crippen molar-refractivity contribution >= 4 is 39.0 Å². The molecule has 0 saturated heterocycles. The fourth-order valence-corrected chi connectivity index (χ4v) is 7.97. The lowest BCUT2D eigenvalue weighted by Gasteiger charge is -2.43. The minimum atomic E-state index is -3.79. The lowest BCUT2D eigenvalue weighted by molar-refractivity contribution is -0.137. The molecule has 1 heterocycles. The molecular formula is C37H50ClN3O6S. The number of ether oxygens (including phenoxy) is 3. The van der Waals surface area contributed by atoms with Gasteiger partial charge < -0.3 is 19.1 Å². The van der Waals surface area contributed by atoms with Crippen molar-refractivity contribution in [2.75, 3.05) is 31.7 Å². The normalized spacial score (nSPS) is 20.0. The Morgan fingerprint density at radius 3 is 2.58 bits per heavy atom. The third kappa shape index (κ3) is 9.08. The Bertz CT molecular complexity index is 1620. The Morgan fingerprint density at radius 1 is 1.17 bits per heavy atom. The Morgan fingerprint density at radius 2 is 1.94 bits per heavy atom. The number of rotatable bonds is 12. The van der Waals surface area contributed by atoms with E-state index >= 15 is 0 Å². The van der Waals surface area contributed by atoms with Gasteiger partial charge >= 0.3 is 0 Å². The van der Waals surface area contributed by atoms with Gasteiger partial charge in [0, 0.05) is 31.1 Å². The number of nitrogens with one attached hydrogen (secondary N) is 1. The number of fused-ring (bicyclic) bond motifs is 2. The molecule has 262 valence electrons. The third-order valence-electron chi connectivity index (χ3n) is 9.18. The summed E-state index contributed by atoms with van der Waals surface area (Å²) in [5, 5.41) is 0.691. The van der Waals surface area contributed by atoms with E-state index in [2.05, 4.69) is 27.1 Å². The molecule has 11 heteroatoms. The summed E-state index contributed by atoms with van der Waals surface area (Å²) < 4.78 is 39.4. The summed E-state index contributed by atoms with van der Waals surface area (Å²) in [6.45, 7) is 16.0. The molecule has 1 saturated carbocycles. The van der Waals surface area contributed by atoms with Crippen LogP contribution in [0.25, 0.3) is 0 Å². The highest BCUT2D eigenvalue weighted by atomic mass is 35.5. The van der Waals surface area contributed by atoms with Gasteiger partial charge in [0.2, 0.25) is 5.91 Å². The lowest BCUT2D eigenvalue weighted by atomic mass is 9.70. The minimum Gasteiger partial charge on any atom is -0.487 e. The van der Waals surface area contributed by atoms with Gasteiger partial charge in [-0.25, -0.2) is 4.21 Å². The van der Waals surface area contributed by atoms with Gasteiger partial charge in [-0.2, -0.15) is 0 Å². The number of benzene rings is 2. The van der Waals surface area contributed by atoms with Gasteiger partial charge in [0.1, 0.15) is 18.0 Å². The zero-order chi connectivity index (χ0) is 35.1. The quantitative estimate of drug-likeness (QED) is 0.232. The fraction of sp³-hybridized carbons (Fsp3) is 0.514. The van der Waals surface area contributed by atoms with Crippen molar-refractivity contribution < 1.29 is 28.0 Å². The van der Waals surface area contributed by atoms with Crippen molar-refractivity contribution in [3.05, 3.63) is 77.9 Å². The van der Waals surface area contributed by atoms with Crippen LogP contribution in [0.5, 0.6) is 5.75 Å². The molecule has 0 spiro atoms. The molecule has 1 aliphatic carbocycles. The van der Waals surface area contributed by atoms with E-state index in [1.54, 1.807) is 53.0 Å². The zero-order valence-corrected chi connectivity index (χ0v) is 30.4. The Kier molecular flexibility index (Phi) is 12.9. The van der Waals surface area contributed by atoms with Crippen LogP contribution in [0, 0.1) is 17.8 Å². The predicted octanol–water partition coefficient (Wildman–Crippen LogP) is 7.31. The highest BCUT2D eigenvalue weighted by Gasteiger charge is 2.38. The Labute approximate surface area is 291 Å². The van der Waals surface area contributed by atoms with Crippen LogP contribution < -0.4 is 14.4 Å². The molecule has 9 nitrogen and oxygen atoms in total. The molecule has 0 aromatic heterocycles. The largest absolute Gasteiger partial charge is 0.487 e. The summed E-state index contributed by atoms with van der Waals surface area (Å²) in [6, 6.07) is 11.0. The first-order valence-corrected chi connectivity index (χ1v) is 18.5. The average Bonchev–Trinajstić information content (AvgIpc) is 3.07. The number of nitrogens with zero attached hydrogens (tertiary/aromatic N) is 2. The topological polar surface area (TPSA) is 107 Å². The molecule has 1 N–H and O–H groups in total. The van der Waals surface area contributed by atoms with E-state index < -0.39 is 33.2 Å². The summed E-state index contributed by atoms with van der Waals surface area (Å²) >= 11 is 6.36. The van der Waals surface area contributed by atoms with Crippen molar-refractivity contribution in [1.29, 1.82) is 0 Å². The molecule has 1 aliphatic heterocycles. The SMILES string of the molecule is C=CCOC(C)(C)C(=O)N=S(=O)(NC(=O)C(C)C)c1ccc2c(c1)N(C[C@@H]1CC[C@H]1[C@H](C=C)OC)CCCCc1cc(Cl)ccc1CO2. The number of methoxy groups -OCH3 is 1. The number of amides is 2. The molecule has 2 amide bonds. The van der Waals surface area contributed by atoms with E-state index in [4.69, 9.17) is 25.8 Å². The summed E-state index contributed by atoms with van der Waals surface area (Å²) in [7, 11) is -2.07. The maximum absolute atomic E-state index is 14.8. The fourth-order valence-electron chi connectivity index (χ4n) is 6.02. The van der Waals surface area contributed by atoms with Crippen LogP contribution in [0.1, 0.15) is 64.5 Å². The maximum atomic E-state index is 14.8. The van der Waals surface area contributed by atoms with Crippen LogP contribution in [-0.2, 0) is 42.0 Å². The van der Waals surface area contributed by atoms with Gasteiger partial charge in [-0.15, -0.1) is 17.5 Å². The molecule has 2 aromatic carbocycles. The van der Waals surface area contributed by atoms with Gasteiger partial charge in [-0.1, -0.05) is 43.7 Å². The second-order valence-electron chi connectivity index (χ2n) is 13.3. The summed E-state index contributed by atoms with van der Waals surface area (Å²) in [4.78, 5) is 29.0. The standard InChI is InChI=1S/C37H50ClN3O6S/c1-8-20-47-37(5,6)36(43)40-48(44,39-35(42)25(3)4)30-16-18-34-32(22-30)41(23-27-14-17-31(27)33(9-2)45-7)19-11-10-12-26-21-29(38)15-13-28(26)24-46-34/h8-9,13,15-16,18,21-22,25,27,31,33H,1-2,10-12,14,17,19-20,23-24H2,3-7H3,(H,39,40,42,43,44)/t27-,31+,33-,48?/m0/s1. The van der Waals surface area contributed by atoms with E-state index in [-0.39, 0.29) is 17.6 Å². The molecule has 1 unspecified atom stereocenters. The van der Waals surface area contributed by atoms with Crippen LogP contribution >= 0.6 is 11.6 Å². The summed E-state index contributed by atoms with van der Waals surface area (Å²) in [5.41, 5.74) is 1.52. The van der Waals surface area contributed by atoms with E-state index in [0.717, 1.165) is 55.5 Å². The van der Waals surface area contributed by atoms with Crippen molar-refractivity contribution in [3.8, 4) is 5.75 Å². The number of hydrogen-bond acceptors (Lipinski definition) is 7. The predicted molar refractivity (Wildman–Crippen MR) is 192 cm³/mol. The number of carbonyl (C=O) groups excluding carboxylic acids is 2. The molecule has 0 bridgehead atoms. The number of halogens is 1. The number of aryl methyl sites for hydroxylation is 1. The molecule has 2 aliphatic rings. The van der Waals surface area contributed by atoms with E-state index in [1.165, 1.54) is 6.08 Å². The van der Waals surface area contributed by atoms with Gasteiger partial charge in [0.15, 0.2) is 9.92 Å². The smallest absolute Gasteiger partial charge is 0.287 e. The lowest BCUT2D eigenvalue weighted by Crippen LogP contribution is -2.43. The Hall–Kier alpha value is -3.18. The first kappa shape index (κ1) is 37.6. The molecule has 0 radical (unpaired) electrons. The van der Waals surface area contributed by atoms with Gasteiger partial charge in [0.05, 0.1) is 23.3 Å². The monoisotopic (exact) mass is 699 g/mol. The second-order valence-corrected chi connectivity index (χ2v) is 15.7. The highest BCUT2D eigenvalue weighted by molar-refractivity contribution is 7.92. The van der Waals surface area contributed by atoms with Crippen LogP contribution in [-0.4, -0.2) is 54.5 Å². The van der Waals surface area contributed by atoms with Crippen LogP contribution in [0.3, 0.4) is 0 Å². The summed E-state index contributed by atoms with van der Waals surface area (Å²) in [6.07, 6.45) is 8.12. The Balaban J connectivity index is 1.83. The van der Waals surface area contributed by atoms with Crippen LogP contribution in [0.15, 0.2) is 71.0 Å². The van der Waals surface area contributed by atoms with E-state index in [0.29, 0.717) is 35.8 Å². The number of hydrogen-bond donors (Lipinski definition) is 1. The summed E-state index contributed by atoms with van der Waals surface area (Å²) in [5.74, 6) is -0.486. The van der Waals surface area contributed by atoms with Crippen molar-refractivity contribution in [3.63, 3.8) is 0 Å². The van der Waals surface area contributed by atoms with Crippen LogP contribution in [0.2, 0.25) is 5.02 Å².